The van der Waals surface area contributed by atoms with Gasteiger partial charge in [-0.15, -0.1) is 0 Å². The van der Waals surface area contributed by atoms with Crippen molar-refractivity contribution in [3.8, 4) is 0 Å². The van der Waals surface area contributed by atoms with Crippen molar-refractivity contribution in [3.63, 3.8) is 0 Å². The minimum atomic E-state index is -0.285. The highest BCUT2D eigenvalue weighted by molar-refractivity contribution is 6.31. The molecule has 82 valence electrons. The second kappa shape index (κ2) is 5.56. The third kappa shape index (κ3) is 3.75. The third-order valence-corrected chi connectivity index (χ3v) is 2.30. The number of rotatable bonds is 4. The molecule has 0 saturated heterocycles. The monoisotopic (exact) mass is 229 g/mol. The minimum Gasteiger partial charge on any atom is -0.370 e. The van der Waals surface area contributed by atoms with Crippen LogP contribution in [-0.4, -0.2) is 12.5 Å². The highest BCUT2D eigenvalue weighted by atomic mass is 35.5. The van der Waals surface area contributed by atoms with E-state index in [9.17, 15) is 4.39 Å². The standard InChI is InChI=1S/C10H13ClFN3/c11-8-4-1-5-9(12)7(8)3-2-6-15-10(13)14/h1,4-5H,2-3,6H2,(H4,13,14,15). The first-order valence-electron chi connectivity index (χ1n) is 4.59. The maximum Gasteiger partial charge on any atom is 0.185 e. The number of hydrogen-bond donors (Lipinski definition) is 2. The first-order chi connectivity index (χ1) is 7.11. The molecule has 0 heterocycles. The summed E-state index contributed by atoms with van der Waals surface area (Å²) in [5.74, 6) is -0.234. The predicted octanol–water partition coefficient (Wildman–Crippen LogP) is 1.69. The summed E-state index contributed by atoms with van der Waals surface area (Å²) >= 11 is 5.85. The van der Waals surface area contributed by atoms with Crippen LogP contribution in [0.5, 0.6) is 0 Å². The summed E-state index contributed by atoms with van der Waals surface area (Å²) in [5, 5.41) is 0.444. The van der Waals surface area contributed by atoms with Crippen LogP contribution in [0.3, 0.4) is 0 Å². The fraction of sp³-hybridized carbons (Fsp3) is 0.300. The van der Waals surface area contributed by atoms with Crippen molar-refractivity contribution in [2.75, 3.05) is 6.54 Å². The minimum absolute atomic E-state index is 0.0506. The van der Waals surface area contributed by atoms with Gasteiger partial charge in [0.1, 0.15) is 5.82 Å². The highest BCUT2D eigenvalue weighted by Gasteiger charge is 2.05. The van der Waals surface area contributed by atoms with E-state index in [1.165, 1.54) is 6.07 Å². The number of nitrogens with zero attached hydrogens (tertiary/aromatic N) is 1. The molecule has 0 aliphatic rings. The molecular formula is C10H13ClFN3. The van der Waals surface area contributed by atoms with Crippen LogP contribution in [0.4, 0.5) is 4.39 Å². The predicted molar refractivity (Wildman–Crippen MR) is 60.4 cm³/mol. The summed E-state index contributed by atoms with van der Waals surface area (Å²) in [7, 11) is 0. The van der Waals surface area contributed by atoms with E-state index >= 15 is 0 Å². The molecule has 0 aromatic heterocycles. The maximum absolute atomic E-state index is 13.3. The average molecular weight is 230 g/mol. The Morgan fingerprint density at radius 1 is 1.40 bits per heavy atom. The van der Waals surface area contributed by atoms with E-state index in [0.29, 0.717) is 30.0 Å². The van der Waals surface area contributed by atoms with Gasteiger partial charge in [0.05, 0.1) is 0 Å². The third-order valence-electron chi connectivity index (χ3n) is 1.94. The van der Waals surface area contributed by atoms with Crippen LogP contribution < -0.4 is 11.5 Å². The SMILES string of the molecule is NC(N)=NCCCc1c(F)cccc1Cl. The molecular weight excluding hydrogens is 217 g/mol. The fourth-order valence-electron chi connectivity index (χ4n) is 1.24. The molecule has 0 bridgehead atoms. The zero-order chi connectivity index (χ0) is 11.3. The van der Waals surface area contributed by atoms with Crippen molar-refractivity contribution in [1.82, 2.24) is 0 Å². The first-order valence-corrected chi connectivity index (χ1v) is 4.97. The smallest absolute Gasteiger partial charge is 0.185 e. The molecule has 15 heavy (non-hydrogen) atoms. The van der Waals surface area contributed by atoms with Crippen LogP contribution in [0.1, 0.15) is 12.0 Å². The molecule has 1 aromatic rings. The Labute approximate surface area is 92.9 Å². The number of halogens is 2. The van der Waals surface area contributed by atoms with Crippen LogP contribution in [0.25, 0.3) is 0 Å². The first kappa shape index (κ1) is 11.8. The second-order valence-corrected chi connectivity index (χ2v) is 3.52. The van der Waals surface area contributed by atoms with Crippen LogP contribution in [0.2, 0.25) is 5.02 Å². The molecule has 0 fully saturated rings. The van der Waals surface area contributed by atoms with E-state index in [4.69, 9.17) is 23.1 Å². The number of benzene rings is 1. The normalized spacial score (nSPS) is 10.0. The molecule has 4 N–H and O–H groups in total. The van der Waals surface area contributed by atoms with Crippen molar-refractivity contribution in [2.24, 2.45) is 16.5 Å². The summed E-state index contributed by atoms with van der Waals surface area (Å²) in [4.78, 5) is 3.81. The summed E-state index contributed by atoms with van der Waals surface area (Å²) < 4.78 is 13.3. The van der Waals surface area contributed by atoms with E-state index in [-0.39, 0.29) is 11.8 Å². The number of guanidine groups is 1. The Hall–Kier alpha value is -1.29. The van der Waals surface area contributed by atoms with E-state index in [1.54, 1.807) is 12.1 Å². The lowest BCUT2D eigenvalue weighted by atomic mass is 10.1. The summed E-state index contributed by atoms with van der Waals surface area (Å²) in [5.41, 5.74) is 10.8. The molecule has 1 aromatic carbocycles. The van der Waals surface area contributed by atoms with Crippen molar-refractivity contribution >= 4 is 17.6 Å². The molecule has 0 aliphatic carbocycles. The van der Waals surface area contributed by atoms with Gasteiger partial charge in [-0.25, -0.2) is 4.39 Å². The Morgan fingerprint density at radius 2 is 2.13 bits per heavy atom. The largest absolute Gasteiger partial charge is 0.370 e. The van der Waals surface area contributed by atoms with E-state index in [1.807, 2.05) is 0 Å². The van der Waals surface area contributed by atoms with Crippen LogP contribution in [-0.2, 0) is 6.42 Å². The maximum atomic E-state index is 13.3. The molecule has 0 aliphatic heterocycles. The van der Waals surface area contributed by atoms with Crippen LogP contribution >= 0.6 is 11.6 Å². The fourth-order valence-corrected chi connectivity index (χ4v) is 1.49. The zero-order valence-corrected chi connectivity index (χ0v) is 8.97. The summed E-state index contributed by atoms with van der Waals surface area (Å²) in [6.07, 6.45) is 1.20. The lowest BCUT2D eigenvalue weighted by Gasteiger charge is -2.04. The van der Waals surface area contributed by atoms with Crippen molar-refractivity contribution in [1.29, 1.82) is 0 Å². The van der Waals surface area contributed by atoms with Crippen molar-refractivity contribution < 1.29 is 4.39 Å². The van der Waals surface area contributed by atoms with Gasteiger partial charge in [0, 0.05) is 17.1 Å². The molecule has 5 heteroatoms. The van der Waals surface area contributed by atoms with E-state index < -0.39 is 0 Å². The number of aliphatic imine (C=N–C) groups is 1. The molecule has 0 radical (unpaired) electrons. The van der Waals surface area contributed by atoms with Gasteiger partial charge in [-0.2, -0.15) is 0 Å². The number of nitrogens with two attached hydrogens (primary N) is 2. The Balaban J connectivity index is 2.54. The van der Waals surface area contributed by atoms with Gasteiger partial charge in [0.2, 0.25) is 0 Å². The highest BCUT2D eigenvalue weighted by Crippen LogP contribution is 2.20. The topological polar surface area (TPSA) is 64.4 Å². The Morgan fingerprint density at radius 3 is 2.73 bits per heavy atom. The van der Waals surface area contributed by atoms with Gasteiger partial charge < -0.3 is 11.5 Å². The van der Waals surface area contributed by atoms with Gasteiger partial charge >= 0.3 is 0 Å². The Bertz CT molecular complexity index is 341. The average Bonchev–Trinajstić information content (AvgIpc) is 2.15. The van der Waals surface area contributed by atoms with Crippen molar-refractivity contribution in [3.05, 3.63) is 34.6 Å². The van der Waals surface area contributed by atoms with Gasteiger partial charge in [0.25, 0.3) is 0 Å². The molecule has 3 nitrogen and oxygen atoms in total. The second-order valence-electron chi connectivity index (χ2n) is 3.11. The summed E-state index contributed by atoms with van der Waals surface area (Å²) in [6, 6.07) is 4.64. The Kier molecular flexibility index (Phi) is 4.37. The van der Waals surface area contributed by atoms with Gasteiger partial charge in [-0.05, 0) is 25.0 Å². The molecule has 0 atom stereocenters. The van der Waals surface area contributed by atoms with Crippen LogP contribution in [0, 0.1) is 5.82 Å². The van der Waals surface area contributed by atoms with E-state index in [0.717, 1.165) is 0 Å². The van der Waals surface area contributed by atoms with Gasteiger partial charge in [0.15, 0.2) is 5.96 Å². The van der Waals surface area contributed by atoms with Gasteiger partial charge in [-0.1, -0.05) is 17.7 Å². The van der Waals surface area contributed by atoms with E-state index in [2.05, 4.69) is 4.99 Å². The zero-order valence-electron chi connectivity index (χ0n) is 8.21. The molecule has 0 unspecified atom stereocenters. The molecule has 0 saturated carbocycles. The number of hydrogen-bond acceptors (Lipinski definition) is 1. The summed E-state index contributed by atoms with van der Waals surface area (Å²) in [6.45, 7) is 0.479. The van der Waals surface area contributed by atoms with Crippen molar-refractivity contribution in [2.45, 2.75) is 12.8 Å². The quantitative estimate of drug-likeness (QED) is 0.469. The van der Waals surface area contributed by atoms with Crippen LogP contribution in [0.15, 0.2) is 23.2 Å². The molecule has 0 amide bonds. The van der Waals surface area contributed by atoms with Gasteiger partial charge in [-0.3, -0.25) is 4.99 Å². The molecule has 0 spiro atoms. The lowest BCUT2D eigenvalue weighted by molar-refractivity contribution is 0.605. The lowest BCUT2D eigenvalue weighted by Crippen LogP contribution is -2.23. The molecule has 1 rings (SSSR count).